The molecular weight excluding hydrogens is 212 g/mol. The minimum atomic E-state index is -0.207. The van der Waals surface area contributed by atoms with Gasteiger partial charge in [0.25, 0.3) is 0 Å². The summed E-state index contributed by atoms with van der Waals surface area (Å²) in [5, 5.41) is 0. The fourth-order valence-electron chi connectivity index (χ4n) is 1.88. The summed E-state index contributed by atoms with van der Waals surface area (Å²) in [5.74, 6) is -0.207. The molecule has 0 spiro atoms. The highest BCUT2D eigenvalue weighted by molar-refractivity contribution is 5.73. The number of nitrogens with two attached hydrogens (primary N) is 2. The minimum Gasteiger partial charge on any atom is -0.370 e. The average Bonchev–Trinajstić information content (AvgIpc) is 2.32. The zero-order chi connectivity index (χ0) is 12.5. The van der Waals surface area contributed by atoms with Crippen molar-refractivity contribution in [3.8, 4) is 0 Å². The van der Waals surface area contributed by atoms with Gasteiger partial charge in [0.2, 0.25) is 5.91 Å². The number of carbonyl (C=O) groups is 1. The van der Waals surface area contributed by atoms with E-state index in [9.17, 15) is 4.79 Å². The molecule has 0 saturated heterocycles. The second kappa shape index (κ2) is 7.85. The molecule has 94 valence electrons. The molecule has 0 bridgehead atoms. The number of carbonyl (C=O) groups excluding carboxylic acids is 1. The van der Waals surface area contributed by atoms with Crippen LogP contribution in [0.5, 0.6) is 0 Å². The second-order valence-corrected chi connectivity index (χ2v) is 4.39. The maximum Gasteiger partial charge on any atom is 0.217 e. The van der Waals surface area contributed by atoms with Crippen LogP contribution in [0.25, 0.3) is 0 Å². The van der Waals surface area contributed by atoms with Crippen molar-refractivity contribution >= 4 is 5.91 Å². The van der Waals surface area contributed by atoms with Crippen LogP contribution in [0.4, 0.5) is 0 Å². The minimum absolute atomic E-state index is 0.207. The van der Waals surface area contributed by atoms with E-state index in [0.717, 1.165) is 38.6 Å². The summed E-state index contributed by atoms with van der Waals surface area (Å²) in [6.07, 6.45) is 5.49. The van der Waals surface area contributed by atoms with E-state index in [1.165, 1.54) is 11.1 Å². The first kappa shape index (κ1) is 13.7. The maximum absolute atomic E-state index is 10.6. The molecule has 0 radical (unpaired) electrons. The van der Waals surface area contributed by atoms with Gasteiger partial charge in [-0.25, -0.2) is 0 Å². The molecule has 0 unspecified atom stereocenters. The largest absolute Gasteiger partial charge is 0.370 e. The Labute approximate surface area is 103 Å². The quantitative estimate of drug-likeness (QED) is 0.673. The molecule has 1 aromatic rings. The average molecular weight is 234 g/mol. The van der Waals surface area contributed by atoms with Crippen LogP contribution in [0.3, 0.4) is 0 Å². The third-order valence-electron chi connectivity index (χ3n) is 2.80. The van der Waals surface area contributed by atoms with E-state index in [4.69, 9.17) is 11.5 Å². The van der Waals surface area contributed by atoms with Crippen molar-refractivity contribution in [2.45, 2.75) is 38.5 Å². The predicted molar refractivity (Wildman–Crippen MR) is 70.6 cm³/mol. The summed E-state index contributed by atoms with van der Waals surface area (Å²) < 4.78 is 0. The lowest BCUT2D eigenvalue weighted by Gasteiger charge is -2.04. The van der Waals surface area contributed by atoms with E-state index >= 15 is 0 Å². The molecule has 0 aliphatic rings. The molecule has 17 heavy (non-hydrogen) atoms. The zero-order valence-electron chi connectivity index (χ0n) is 10.3. The van der Waals surface area contributed by atoms with Gasteiger partial charge in [0.1, 0.15) is 0 Å². The standard InChI is InChI=1S/C14H22N2O/c15-10-4-8-13-7-3-6-12(11-13)5-1-2-9-14(16)17/h3,6-7,11H,1-2,4-5,8-10,15H2,(H2,16,17). The number of benzene rings is 1. The van der Waals surface area contributed by atoms with Crippen molar-refractivity contribution in [1.29, 1.82) is 0 Å². The summed E-state index contributed by atoms with van der Waals surface area (Å²) >= 11 is 0. The Morgan fingerprint density at radius 3 is 2.29 bits per heavy atom. The Bertz CT molecular complexity index is 350. The van der Waals surface area contributed by atoms with Gasteiger partial charge in [0.05, 0.1) is 0 Å². The fourth-order valence-corrected chi connectivity index (χ4v) is 1.88. The van der Waals surface area contributed by atoms with Crippen molar-refractivity contribution in [2.75, 3.05) is 6.54 Å². The first-order valence-corrected chi connectivity index (χ1v) is 6.28. The lowest BCUT2D eigenvalue weighted by atomic mass is 10.0. The molecule has 0 aliphatic heterocycles. The Morgan fingerprint density at radius 1 is 1.06 bits per heavy atom. The summed E-state index contributed by atoms with van der Waals surface area (Å²) in [6, 6.07) is 8.61. The topological polar surface area (TPSA) is 69.1 Å². The number of unbranched alkanes of at least 4 members (excludes halogenated alkanes) is 1. The molecule has 4 N–H and O–H groups in total. The molecule has 0 atom stereocenters. The van der Waals surface area contributed by atoms with Crippen LogP contribution in [-0.4, -0.2) is 12.5 Å². The number of primary amides is 1. The number of rotatable bonds is 8. The number of aryl methyl sites for hydroxylation is 2. The highest BCUT2D eigenvalue weighted by Crippen LogP contribution is 2.11. The molecule has 1 amide bonds. The third-order valence-corrected chi connectivity index (χ3v) is 2.80. The van der Waals surface area contributed by atoms with Gasteiger partial charge >= 0.3 is 0 Å². The molecule has 0 fully saturated rings. The van der Waals surface area contributed by atoms with E-state index in [1.54, 1.807) is 0 Å². The molecule has 0 aliphatic carbocycles. The van der Waals surface area contributed by atoms with Gasteiger partial charge in [-0.3, -0.25) is 4.79 Å². The molecule has 0 aromatic heterocycles. The highest BCUT2D eigenvalue weighted by atomic mass is 16.1. The number of hydrogen-bond acceptors (Lipinski definition) is 2. The SMILES string of the molecule is NCCCc1cccc(CCCCC(N)=O)c1. The first-order chi connectivity index (χ1) is 8.22. The molecule has 0 saturated carbocycles. The number of amides is 1. The van der Waals surface area contributed by atoms with Gasteiger partial charge < -0.3 is 11.5 Å². The van der Waals surface area contributed by atoms with Crippen molar-refractivity contribution in [1.82, 2.24) is 0 Å². The summed E-state index contributed by atoms with van der Waals surface area (Å²) in [7, 11) is 0. The lowest BCUT2D eigenvalue weighted by Crippen LogP contribution is -2.09. The van der Waals surface area contributed by atoms with Gasteiger partial charge in [0.15, 0.2) is 0 Å². The normalized spacial score (nSPS) is 10.4. The van der Waals surface area contributed by atoms with Crippen LogP contribution >= 0.6 is 0 Å². The maximum atomic E-state index is 10.6. The number of hydrogen-bond donors (Lipinski definition) is 2. The van der Waals surface area contributed by atoms with Crippen LogP contribution in [0.2, 0.25) is 0 Å². The van der Waals surface area contributed by atoms with Crippen molar-refractivity contribution in [3.05, 3.63) is 35.4 Å². The van der Waals surface area contributed by atoms with E-state index in [1.807, 2.05) is 0 Å². The van der Waals surface area contributed by atoms with Crippen LogP contribution in [-0.2, 0) is 17.6 Å². The first-order valence-electron chi connectivity index (χ1n) is 6.28. The lowest BCUT2D eigenvalue weighted by molar-refractivity contribution is -0.118. The third kappa shape index (κ3) is 6.07. The Balaban J connectivity index is 2.34. The van der Waals surface area contributed by atoms with Crippen LogP contribution in [0.1, 0.15) is 36.8 Å². The Hall–Kier alpha value is -1.35. The highest BCUT2D eigenvalue weighted by Gasteiger charge is 1.98. The van der Waals surface area contributed by atoms with Gasteiger partial charge in [-0.2, -0.15) is 0 Å². The van der Waals surface area contributed by atoms with Crippen molar-refractivity contribution < 1.29 is 4.79 Å². The second-order valence-electron chi connectivity index (χ2n) is 4.39. The van der Waals surface area contributed by atoms with E-state index < -0.39 is 0 Å². The van der Waals surface area contributed by atoms with Gasteiger partial charge in [-0.15, -0.1) is 0 Å². The van der Waals surface area contributed by atoms with E-state index in [2.05, 4.69) is 24.3 Å². The van der Waals surface area contributed by atoms with Crippen molar-refractivity contribution in [3.63, 3.8) is 0 Å². The van der Waals surface area contributed by atoms with Crippen LogP contribution in [0.15, 0.2) is 24.3 Å². The monoisotopic (exact) mass is 234 g/mol. The van der Waals surface area contributed by atoms with Gasteiger partial charge in [-0.05, 0) is 49.8 Å². The molecular formula is C14H22N2O. The zero-order valence-corrected chi connectivity index (χ0v) is 10.3. The summed E-state index contributed by atoms with van der Waals surface area (Å²) in [4.78, 5) is 10.6. The van der Waals surface area contributed by atoms with Crippen molar-refractivity contribution in [2.24, 2.45) is 11.5 Å². The molecule has 1 aromatic carbocycles. The molecule has 1 rings (SSSR count). The molecule has 3 heteroatoms. The molecule has 0 heterocycles. The summed E-state index contributed by atoms with van der Waals surface area (Å²) in [6.45, 7) is 0.739. The smallest absolute Gasteiger partial charge is 0.217 e. The van der Waals surface area contributed by atoms with Crippen LogP contribution in [0, 0.1) is 0 Å². The Kier molecular flexibility index (Phi) is 6.33. The molecule has 3 nitrogen and oxygen atoms in total. The summed E-state index contributed by atoms with van der Waals surface area (Å²) in [5.41, 5.74) is 13.3. The Morgan fingerprint density at radius 2 is 1.71 bits per heavy atom. The van der Waals surface area contributed by atoms with E-state index in [0.29, 0.717) is 6.42 Å². The van der Waals surface area contributed by atoms with Gasteiger partial charge in [-0.1, -0.05) is 24.3 Å². The van der Waals surface area contributed by atoms with E-state index in [-0.39, 0.29) is 5.91 Å². The van der Waals surface area contributed by atoms with Crippen LogP contribution < -0.4 is 11.5 Å². The van der Waals surface area contributed by atoms with Gasteiger partial charge in [0, 0.05) is 6.42 Å². The predicted octanol–water partition coefficient (Wildman–Crippen LogP) is 1.78. The fraction of sp³-hybridized carbons (Fsp3) is 0.500.